The normalized spacial score (nSPS) is 34.1. The fourth-order valence-corrected chi connectivity index (χ4v) is 14.9. The van der Waals surface area contributed by atoms with Gasteiger partial charge in [-0.25, -0.2) is 4.79 Å². The first-order valence-corrected chi connectivity index (χ1v) is 26.2. The molecule has 11 rings (SSSR count). The highest BCUT2D eigenvalue weighted by molar-refractivity contribution is 5.89. The van der Waals surface area contributed by atoms with Gasteiger partial charge >= 0.3 is 11.9 Å². The van der Waals surface area contributed by atoms with Crippen molar-refractivity contribution in [2.45, 2.75) is 152 Å². The number of aliphatic hydroxyl groups is 4. The number of ether oxygens (including phenoxy) is 2. The maximum atomic E-state index is 15.7. The third kappa shape index (κ3) is 8.61. The molecule has 3 aromatic carbocycles. The smallest absolute Gasteiger partial charge is 0.334 e. The summed E-state index contributed by atoms with van der Waals surface area (Å²) < 4.78 is 13.2. The van der Waals surface area contributed by atoms with Crippen LogP contribution in [-0.2, 0) is 45.0 Å². The van der Waals surface area contributed by atoms with Gasteiger partial charge in [0.25, 0.3) is 0 Å². The number of hydrogen-bond donors (Lipinski definition) is 6. The number of phenols is 1. The molecule has 3 heterocycles. The number of carbonyl (C=O) groups is 3. The maximum absolute atomic E-state index is 15.7. The predicted octanol–water partition coefficient (Wildman–Crippen LogP) is 8.02. The molecule has 4 saturated carbocycles. The summed E-state index contributed by atoms with van der Waals surface area (Å²) in [5.41, 5.74) is 4.02. The van der Waals surface area contributed by atoms with E-state index in [1.54, 1.807) is 19.1 Å². The molecule has 8 aliphatic rings. The Kier molecular flexibility index (Phi) is 12.8. The van der Waals surface area contributed by atoms with E-state index < -0.39 is 47.7 Å². The van der Waals surface area contributed by atoms with E-state index in [1.165, 1.54) is 0 Å². The van der Waals surface area contributed by atoms with E-state index in [9.17, 15) is 35.1 Å². The van der Waals surface area contributed by atoms with Crippen LogP contribution in [0.2, 0.25) is 0 Å². The number of esters is 2. The highest BCUT2D eigenvalue weighted by Crippen LogP contribution is 2.65. The Morgan fingerprint density at radius 1 is 0.886 bits per heavy atom. The summed E-state index contributed by atoms with van der Waals surface area (Å²) in [6.45, 7) is 1.64. The average molecular weight is 950 g/mol. The van der Waals surface area contributed by atoms with Gasteiger partial charge in [-0.05, 0) is 152 Å². The number of nitrogens with one attached hydrogen (secondary N) is 1. The standard InChI is InChI=1S/C59H67NO10/c1-32(62)30-60-43-20-35(31-61)19-40(24-43)37-14-15-38-29-52(65)70-57-47(38)26-41(56(66)53(57)36-10-3-2-4-11-36)28-51-59(68)49-13-6-5-12-45(49)46-17-16-39-27-50(64)48(54(46)55(39)59)22-34-9-7-8-33(18-34)21-44(63)25-42(23-37)58(67)69-51/h5,7-9,12,18-20,24-26,32,36-39,44-46,48-49,51,54-55,60-63,66,68H,2-4,6,10-11,13,16-17,21-23,27-31H2,1H3. The molecule has 0 radical (unpaired) electrons. The number of hydrogen-bond acceptors (Lipinski definition) is 11. The van der Waals surface area contributed by atoms with E-state index in [1.807, 2.05) is 30.3 Å². The summed E-state index contributed by atoms with van der Waals surface area (Å²) in [5, 5.41) is 63.3. The van der Waals surface area contributed by atoms with Gasteiger partial charge in [0.15, 0.2) is 0 Å². The van der Waals surface area contributed by atoms with Crippen molar-refractivity contribution in [3.63, 3.8) is 0 Å². The first kappa shape index (κ1) is 47.1. The number of allylic oxidation sites excluding steroid dienone is 2. The molecule has 13 atom stereocenters. The SMILES string of the molecule is CC(O)CNc1cc(CO)cc(C2C#CC3CC(=O)Oc4c3cc(c(O)c4C3CCCCC3)CC3OC(=O)C(=CC(O)Cc4cccc(c4)CC4C(=O)CC5CCC6C7C=CCCC7C3(O)C5C46)C2)c1. The number of benzene rings is 3. The lowest BCUT2D eigenvalue weighted by Gasteiger charge is -2.66. The van der Waals surface area contributed by atoms with Crippen molar-refractivity contribution in [3.8, 4) is 23.3 Å². The summed E-state index contributed by atoms with van der Waals surface area (Å²) >= 11 is 0. The largest absolute Gasteiger partial charge is 0.507 e. The zero-order chi connectivity index (χ0) is 48.4. The molecule has 3 aromatic rings. The molecular formula is C59H67NO10. The minimum absolute atomic E-state index is 0.00970. The molecule has 11 heteroatoms. The molecule has 70 heavy (non-hydrogen) atoms. The summed E-state index contributed by atoms with van der Waals surface area (Å²) in [5.74, 6) is 3.60. The fourth-order valence-electron chi connectivity index (χ4n) is 14.9. The van der Waals surface area contributed by atoms with Crippen LogP contribution in [0.3, 0.4) is 0 Å². The van der Waals surface area contributed by atoms with Gasteiger partial charge < -0.3 is 40.3 Å². The molecule has 5 aliphatic carbocycles. The summed E-state index contributed by atoms with van der Waals surface area (Å²) in [6, 6.07) is 15.4. The molecule has 4 fully saturated rings. The van der Waals surface area contributed by atoms with Crippen molar-refractivity contribution in [3.05, 3.63) is 111 Å². The number of anilines is 1. The minimum Gasteiger partial charge on any atom is -0.507 e. The van der Waals surface area contributed by atoms with E-state index >= 15 is 4.79 Å². The molecule has 0 saturated heterocycles. The fraction of sp³-hybridized carbons (Fsp3) is 0.542. The van der Waals surface area contributed by atoms with Gasteiger partial charge in [-0.1, -0.05) is 73.6 Å². The first-order valence-electron chi connectivity index (χ1n) is 26.2. The van der Waals surface area contributed by atoms with Crippen LogP contribution in [-0.4, -0.2) is 73.7 Å². The second-order valence-corrected chi connectivity index (χ2v) is 22.2. The molecule has 0 spiro atoms. The van der Waals surface area contributed by atoms with Crippen LogP contribution in [0.15, 0.2) is 72.3 Å². The van der Waals surface area contributed by atoms with Gasteiger partial charge in [0, 0.05) is 60.0 Å². The number of aromatic hydroxyl groups is 1. The Hall–Kier alpha value is -5.25. The number of ketones is 1. The lowest BCUT2D eigenvalue weighted by atomic mass is 9.40. The van der Waals surface area contributed by atoms with E-state index in [0.717, 1.165) is 62.5 Å². The molecule has 3 aliphatic heterocycles. The van der Waals surface area contributed by atoms with Crippen molar-refractivity contribution in [1.29, 1.82) is 0 Å². The maximum Gasteiger partial charge on any atom is 0.334 e. The monoisotopic (exact) mass is 949 g/mol. The van der Waals surface area contributed by atoms with E-state index in [4.69, 9.17) is 9.47 Å². The zero-order valence-corrected chi connectivity index (χ0v) is 40.2. The van der Waals surface area contributed by atoms with Crippen LogP contribution >= 0.6 is 0 Å². The Morgan fingerprint density at radius 3 is 2.49 bits per heavy atom. The predicted molar refractivity (Wildman–Crippen MR) is 263 cm³/mol. The molecule has 368 valence electrons. The van der Waals surface area contributed by atoms with Crippen LogP contribution in [0.25, 0.3) is 0 Å². The molecule has 6 N–H and O–H groups in total. The van der Waals surface area contributed by atoms with Gasteiger partial charge in [-0.3, -0.25) is 9.59 Å². The quantitative estimate of drug-likeness (QED) is 0.0609. The molecular weight excluding hydrogens is 883 g/mol. The van der Waals surface area contributed by atoms with E-state index in [-0.39, 0.29) is 103 Å². The Balaban J connectivity index is 1.16. The summed E-state index contributed by atoms with van der Waals surface area (Å²) in [4.78, 5) is 44.0. The highest BCUT2D eigenvalue weighted by Gasteiger charge is 2.68. The van der Waals surface area contributed by atoms with E-state index in [2.05, 4.69) is 41.4 Å². The zero-order valence-electron chi connectivity index (χ0n) is 40.2. The van der Waals surface area contributed by atoms with Crippen LogP contribution < -0.4 is 10.1 Å². The number of carbonyl (C=O) groups excluding carboxylic acids is 3. The molecule has 0 aromatic heterocycles. The van der Waals surface area contributed by atoms with Crippen molar-refractivity contribution >= 4 is 23.4 Å². The molecule has 11 nitrogen and oxygen atoms in total. The van der Waals surface area contributed by atoms with Crippen LogP contribution in [0.1, 0.15) is 141 Å². The number of rotatable bonds is 6. The molecule has 12 bridgehead atoms. The van der Waals surface area contributed by atoms with Gasteiger partial charge in [0.1, 0.15) is 29.0 Å². The Labute approximate surface area is 410 Å². The lowest BCUT2D eigenvalue weighted by Crippen LogP contribution is -2.71. The van der Waals surface area contributed by atoms with Crippen molar-refractivity contribution in [2.75, 3.05) is 11.9 Å². The number of phenolic OH excluding ortho intramolecular Hbond substituents is 1. The summed E-state index contributed by atoms with van der Waals surface area (Å²) in [7, 11) is 0. The van der Waals surface area contributed by atoms with Gasteiger partial charge in [0.05, 0.1) is 31.2 Å². The highest BCUT2D eigenvalue weighted by atomic mass is 16.6. The second kappa shape index (κ2) is 19.1. The first-order chi connectivity index (χ1) is 33.9. The van der Waals surface area contributed by atoms with Crippen LogP contribution in [0.5, 0.6) is 11.5 Å². The Bertz CT molecular complexity index is 2690. The van der Waals surface area contributed by atoms with Crippen molar-refractivity contribution in [1.82, 2.24) is 0 Å². The lowest BCUT2D eigenvalue weighted by molar-refractivity contribution is -0.256. The number of Topliss-reactive ketones (excluding diaryl/α,β-unsaturated/α-hetero) is 1. The third-order valence-electron chi connectivity index (χ3n) is 17.9. The number of aliphatic hydroxyl groups excluding tert-OH is 3. The molecule has 13 unspecified atom stereocenters. The topological polar surface area (TPSA) is 183 Å². The van der Waals surface area contributed by atoms with Crippen LogP contribution in [0, 0.1) is 53.3 Å². The van der Waals surface area contributed by atoms with Crippen LogP contribution in [0.4, 0.5) is 5.69 Å². The van der Waals surface area contributed by atoms with Gasteiger partial charge in [0.2, 0.25) is 0 Å². The minimum atomic E-state index is -1.63. The average Bonchev–Trinajstić information content (AvgIpc) is 3.35. The van der Waals surface area contributed by atoms with E-state index in [0.29, 0.717) is 58.5 Å². The summed E-state index contributed by atoms with van der Waals surface area (Å²) in [6.07, 6.45) is 11.7. The van der Waals surface area contributed by atoms with Gasteiger partial charge in [-0.15, -0.1) is 0 Å². The van der Waals surface area contributed by atoms with Crippen molar-refractivity contribution in [2.24, 2.45) is 41.4 Å². The van der Waals surface area contributed by atoms with Crippen molar-refractivity contribution < 1.29 is 49.4 Å². The number of fused-ring (bicyclic) bond motifs is 10. The molecule has 0 amide bonds. The second-order valence-electron chi connectivity index (χ2n) is 22.2. The Morgan fingerprint density at radius 2 is 1.69 bits per heavy atom. The van der Waals surface area contributed by atoms with Gasteiger partial charge in [-0.2, -0.15) is 0 Å². The third-order valence-corrected chi connectivity index (χ3v) is 17.9.